The third kappa shape index (κ3) is 4.88. The molecular weight excluding hydrogens is 194 g/mol. The molecule has 0 atom stereocenters. The maximum Gasteiger partial charge on any atom is 0.223 e. The lowest BCUT2D eigenvalue weighted by Gasteiger charge is -2.19. The van der Waals surface area contributed by atoms with Gasteiger partial charge in [-0.3, -0.25) is 4.79 Å². The fourth-order valence-electron chi connectivity index (χ4n) is 0.909. The first-order valence-electron chi connectivity index (χ1n) is 4.09. The summed E-state index contributed by atoms with van der Waals surface area (Å²) in [6.07, 6.45) is 2.64. The van der Waals surface area contributed by atoms with Crippen LogP contribution < -0.4 is 0 Å². The molecule has 12 heavy (non-hydrogen) atoms. The lowest BCUT2D eigenvalue weighted by atomic mass is 10.4. The Bertz CT molecular complexity index is 132. The van der Waals surface area contributed by atoms with Gasteiger partial charge < -0.3 is 4.90 Å². The molecule has 0 aliphatic carbocycles. The van der Waals surface area contributed by atoms with Crippen molar-refractivity contribution >= 4 is 29.3 Å². The number of carbonyl (C=O) groups is 1. The molecular formula is C8H16ClNOS. The van der Waals surface area contributed by atoms with Crippen LogP contribution in [0.25, 0.3) is 0 Å². The lowest BCUT2D eigenvalue weighted by Crippen LogP contribution is -2.32. The van der Waals surface area contributed by atoms with E-state index < -0.39 is 0 Å². The van der Waals surface area contributed by atoms with Crippen molar-refractivity contribution in [2.45, 2.75) is 13.3 Å². The second-order valence-corrected chi connectivity index (χ2v) is 3.77. The monoisotopic (exact) mass is 209 g/mol. The van der Waals surface area contributed by atoms with Crippen LogP contribution in [0.4, 0.5) is 0 Å². The van der Waals surface area contributed by atoms with Crippen LogP contribution >= 0.6 is 23.4 Å². The number of rotatable bonds is 6. The molecule has 2 nitrogen and oxygen atoms in total. The van der Waals surface area contributed by atoms with Gasteiger partial charge in [-0.25, -0.2) is 0 Å². The Morgan fingerprint density at radius 2 is 2.25 bits per heavy atom. The van der Waals surface area contributed by atoms with Gasteiger partial charge in [0.05, 0.1) is 0 Å². The van der Waals surface area contributed by atoms with Gasteiger partial charge >= 0.3 is 0 Å². The summed E-state index contributed by atoms with van der Waals surface area (Å²) < 4.78 is 0. The molecule has 0 aromatic rings. The largest absolute Gasteiger partial charge is 0.342 e. The Labute approximate surface area is 83.6 Å². The minimum absolute atomic E-state index is 0.215. The van der Waals surface area contributed by atoms with Crippen LogP contribution in [0.15, 0.2) is 0 Å². The third-order valence-corrected chi connectivity index (χ3v) is 2.39. The molecule has 4 heteroatoms. The smallest absolute Gasteiger partial charge is 0.223 e. The highest BCUT2D eigenvalue weighted by molar-refractivity contribution is 7.98. The molecule has 72 valence electrons. The molecule has 0 fully saturated rings. The Balaban J connectivity index is 3.69. The van der Waals surface area contributed by atoms with Crippen molar-refractivity contribution in [3.05, 3.63) is 0 Å². The van der Waals surface area contributed by atoms with Gasteiger partial charge in [-0.2, -0.15) is 11.8 Å². The zero-order valence-corrected chi connectivity index (χ0v) is 9.25. The van der Waals surface area contributed by atoms with Crippen LogP contribution in [0, 0.1) is 0 Å². The van der Waals surface area contributed by atoms with Gasteiger partial charge in [0.15, 0.2) is 0 Å². The molecule has 1 amide bonds. The van der Waals surface area contributed by atoms with Gasteiger partial charge in [-0.1, -0.05) is 0 Å². The van der Waals surface area contributed by atoms with E-state index in [4.69, 9.17) is 11.6 Å². The summed E-state index contributed by atoms with van der Waals surface area (Å²) >= 11 is 7.25. The summed E-state index contributed by atoms with van der Waals surface area (Å²) in [6.45, 7) is 3.41. The van der Waals surface area contributed by atoms with Gasteiger partial charge in [-0.05, 0) is 13.2 Å². The zero-order valence-electron chi connectivity index (χ0n) is 7.68. The molecule has 0 rings (SSSR count). The summed E-state index contributed by atoms with van der Waals surface area (Å²) in [7, 11) is 0. The van der Waals surface area contributed by atoms with Crippen molar-refractivity contribution in [3.8, 4) is 0 Å². The van der Waals surface area contributed by atoms with Crippen molar-refractivity contribution in [2.24, 2.45) is 0 Å². The van der Waals surface area contributed by atoms with Crippen molar-refractivity contribution in [1.82, 2.24) is 4.90 Å². The van der Waals surface area contributed by atoms with Crippen molar-refractivity contribution in [2.75, 3.05) is 31.0 Å². The molecule has 0 heterocycles. The van der Waals surface area contributed by atoms with E-state index in [1.807, 2.05) is 13.2 Å². The van der Waals surface area contributed by atoms with Gasteiger partial charge in [0.1, 0.15) is 0 Å². The molecule has 0 aromatic carbocycles. The van der Waals surface area contributed by atoms with E-state index >= 15 is 0 Å². The van der Waals surface area contributed by atoms with Crippen LogP contribution in [-0.4, -0.2) is 41.8 Å². The van der Waals surface area contributed by atoms with Crippen LogP contribution in [0.2, 0.25) is 0 Å². The van der Waals surface area contributed by atoms with E-state index in [0.29, 0.717) is 18.8 Å². The number of nitrogens with zero attached hydrogens (tertiary/aromatic N) is 1. The SMILES string of the molecule is CCN(CCCl)C(=O)CCSC. The molecule has 0 unspecified atom stereocenters. The number of carbonyl (C=O) groups excluding carboxylic acids is 1. The van der Waals surface area contributed by atoms with Crippen molar-refractivity contribution < 1.29 is 4.79 Å². The highest BCUT2D eigenvalue weighted by Crippen LogP contribution is 2.00. The Morgan fingerprint density at radius 1 is 1.58 bits per heavy atom. The topological polar surface area (TPSA) is 20.3 Å². The van der Waals surface area contributed by atoms with E-state index in [1.165, 1.54) is 0 Å². The average Bonchev–Trinajstić information content (AvgIpc) is 2.10. The number of alkyl halides is 1. The summed E-state index contributed by atoms with van der Waals surface area (Å²) in [4.78, 5) is 13.2. The first kappa shape index (κ1) is 12.1. The Morgan fingerprint density at radius 3 is 2.67 bits per heavy atom. The zero-order chi connectivity index (χ0) is 9.40. The fourth-order valence-corrected chi connectivity index (χ4v) is 1.49. The van der Waals surface area contributed by atoms with E-state index in [1.54, 1.807) is 16.7 Å². The highest BCUT2D eigenvalue weighted by atomic mass is 35.5. The van der Waals surface area contributed by atoms with Gasteiger partial charge in [0, 0.05) is 31.1 Å². The standard InChI is InChI=1S/C8H16ClNOS/c1-3-10(6-5-9)8(11)4-7-12-2/h3-7H2,1-2H3. The Hall–Kier alpha value is 0.110. The molecule has 0 aliphatic heterocycles. The predicted octanol–water partition coefficient (Wildman–Crippen LogP) is 1.83. The molecule has 0 aliphatic rings. The first-order chi connectivity index (χ1) is 5.76. The molecule has 0 bridgehead atoms. The number of hydrogen-bond donors (Lipinski definition) is 0. The highest BCUT2D eigenvalue weighted by Gasteiger charge is 2.09. The van der Waals surface area contributed by atoms with Crippen LogP contribution in [-0.2, 0) is 4.79 Å². The van der Waals surface area contributed by atoms with E-state index in [2.05, 4.69) is 0 Å². The molecule has 0 aromatic heterocycles. The molecule has 0 N–H and O–H groups in total. The minimum atomic E-state index is 0.215. The van der Waals surface area contributed by atoms with Crippen molar-refractivity contribution in [1.29, 1.82) is 0 Å². The summed E-state index contributed by atoms with van der Waals surface area (Å²) in [6, 6.07) is 0. The lowest BCUT2D eigenvalue weighted by molar-refractivity contribution is -0.130. The van der Waals surface area contributed by atoms with Gasteiger partial charge in [0.25, 0.3) is 0 Å². The summed E-state index contributed by atoms with van der Waals surface area (Å²) in [5.74, 6) is 1.64. The number of amides is 1. The number of hydrogen-bond acceptors (Lipinski definition) is 2. The second kappa shape index (κ2) is 7.74. The predicted molar refractivity (Wildman–Crippen MR) is 56.0 cm³/mol. The van der Waals surface area contributed by atoms with Crippen LogP contribution in [0.5, 0.6) is 0 Å². The normalized spacial score (nSPS) is 9.92. The van der Waals surface area contributed by atoms with Crippen LogP contribution in [0.3, 0.4) is 0 Å². The number of halogens is 1. The molecule has 0 saturated heterocycles. The van der Waals surface area contributed by atoms with Crippen LogP contribution in [0.1, 0.15) is 13.3 Å². The maximum atomic E-state index is 11.4. The second-order valence-electron chi connectivity index (χ2n) is 2.41. The fraction of sp³-hybridized carbons (Fsp3) is 0.875. The van der Waals surface area contributed by atoms with Gasteiger partial charge in [-0.15, -0.1) is 11.6 Å². The van der Waals surface area contributed by atoms with Crippen molar-refractivity contribution in [3.63, 3.8) is 0 Å². The average molecular weight is 210 g/mol. The van der Waals surface area contributed by atoms with E-state index in [9.17, 15) is 4.79 Å². The first-order valence-corrected chi connectivity index (χ1v) is 6.01. The van der Waals surface area contributed by atoms with E-state index in [-0.39, 0.29) is 5.91 Å². The third-order valence-electron chi connectivity index (χ3n) is 1.61. The molecule has 0 radical (unpaired) electrons. The van der Waals surface area contributed by atoms with Gasteiger partial charge in [0.2, 0.25) is 5.91 Å². The quantitative estimate of drug-likeness (QED) is 0.623. The molecule has 0 saturated carbocycles. The minimum Gasteiger partial charge on any atom is -0.342 e. The Kier molecular flexibility index (Phi) is 7.81. The summed E-state index contributed by atoms with van der Waals surface area (Å²) in [5, 5.41) is 0. The van der Waals surface area contributed by atoms with E-state index in [0.717, 1.165) is 12.3 Å². The molecule has 0 spiro atoms. The summed E-state index contributed by atoms with van der Waals surface area (Å²) in [5.41, 5.74) is 0. The maximum absolute atomic E-state index is 11.4. The number of thioether (sulfide) groups is 1.